The number of carbonyl (C=O) groups excluding carboxylic acids is 1. The van der Waals surface area contributed by atoms with Gasteiger partial charge in [-0.1, -0.05) is 13.8 Å². The third-order valence-corrected chi connectivity index (χ3v) is 4.20. The lowest BCUT2D eigenvalue weighted by Gasteiger charge is -2.28. The summed E-state index contributed by atoms with van der Waals surface area (Å²) in [4.78, 5) is 12.1. The van der Waals surface area contributed by atoms with E-state index in [0.29, 0.717) is 6.42 Å². The van der Waals surface area contributed by atoms with Crippen LogP contribution in [0.5, 0.6) is 0 Å². The van der Waals surface area contributed by atoms with Gasteiger partial charge in [-0.15, -0.1) is 0 Å². The van der Waals surface area contributed by atoms with Crippen molar-refractivity contribution in [2.45, 2.75) is 59.2 Å². The molecule has 1 N–H and O–H groups in total. The highest BCUT2D eigenvalue weighted by Crippen LogP contribution is 2.21. The molecule has 0 aromatic rings. The minimum atomic E-state index is -1.11. The number of aliphatic hydroxyl groups is 1. The quantitative estimate of drug-likeness (QED) is 0.193. The number of hydrogen-bond donors (Lipinski definition) is 1. The summed E-state index contributed by atoms with van der Waals surface area (Å²) in [5, 5.41) is 8.91. The van der Waals surface area contributed by atoms with E-state index in [1.165, 1.54) is 55.4 Å². The highest BCUT2D eigenvalue weighted by Gasteiger charge is 2.15. The van der Waals surface area contributed by atoms with Crippen molar-refractivity contribution in [1.29, 1.82) is 0 Å². The number of aldehydes is 1. The molecule has 0 spiro atoms. The zero-order valence-corrected chi connectivity index (χ0v) is 18.2. The van der Waals surface area contributed by atoms with Crippen LogP contribution in [0.25, 0.3) is 0 Å². The molecule has 1 heterocycles. The lowest BCUT2D eigenvalue weighted by Crippen LogP contribution is -2.30. The van der Waals surface area contributed by atoms with Crippen molar-refractivity contribution in [3.05, 3.63) is 0 Å². The Hall–Kier alpha value is 0.590. The Labute approximate surface area is 158 Å². The number of ether oxygens (including phenoxy) is 1. The number of carbonyl (C=O) groups is 1. The Bertz CT molecular complexity index is 257. The third-order valence-electron chi connectivity index (χ3n) is 3.18. The molecule has 0 aliphatic carbocycles. The average Bonchev–Trinajstić information content (AvgIpc) is 2.51. The normalized spacial score (nSPS) is 16.0. The van der Waals surface area contributed by atoms with Gasteiger partial charge in [0.15, 0.2) is 5.79 Å². The monoisotopic (exact) mass is 463 g/mol. The van der Waals surface area contributed by atoms with Crippen molar-refractivity contribution in [1.82, 2.24) is 4.90 Å². The first-order valence-corrected chi connectivity index (χ1v) is 11.6. The maximum Gasteiger partial charge on any atom is 0.159 e. The van der Waals surface area contributed by atoms with Crippen molar-refractivity contribution in [3.63, 3.8) is 0 Å². The van der Waals surface area contributed by atoms with Crippen LogP contribution in [0, 0.1) is 5.92 Å². The van der Waals surface area contributed by atoms with Gasteiger partial charge in [-0.05, 0) is 59.2 Å². The van der Waals surface area contributed by atoms with E-state index < -0.39 is 5.79 Å². The molecule has 0 radical (unpaired) electrons. The fourth-order valence-electron chi connectivity index (χ4n) is 1.95. The fourth-order valence-corrected chi connectivity index (χ4v) is 2.65. The summed E-state index contributed by atoms with van der Waals surface area (Å²) < 4.78 is 10.0. The van der Waals surface area contributed by atoms with Crippen LogP contribution in [0.1, 0.15) is 53.4 Å². The van der Waals surface area contributed by atoms with E-state index in [1.54, 1.807) is 0 Å². The zero-order valence-electron chi connectivity index (χ0n) is 15.2. The molecule has 0 saturated carbocycles. The molecule has 0 bridgehead atoms. The number of rotatable bonds is 8. The van der Waals surface area contributed by atoms with Crippen LogP contribution in [0.2, 0.25) is 0 Å². The Morgan fingerprint density at radius 1 is 1.30 bits per heavy atom. The summed E-state index contributed by atoms with van der Waals surface area (Å²) in [5.41, 5.74) is 0. The summed E-state index contributed by atoms with van der Waals surface area (Å²) in [6.07, 6.45) is 5.04. The van der Waals surface area contributed by atoms with Crippen molar-refractivity contribution in [2.75, 3.05) is 33.4 Å². The Balaban J connectivity index is 0. The van der Waals surface area contributed by atoms with Crippen LogP contribution in [-0.2, 0) is 13.7 Å². The van der Waals surface area contributed by atoms with Crippen LogP contribution in [0.4, 0.5) is 0 Å². The second-order valence-corrected chi connectivity index (χ2v) is 7.11. The fraction of sp³-hybridized carbons (Fsp3) is 0.938. The number of hydrogen-bond acceptors (Lipinski definition) is 6. The molecule has 1 rings (SSSR count). The SMILES string of the molecule is CC.CC(C)(O)OCCC=O.CN1CCC(CCOSI)CC1. The first-order chi connectivity index (χ1) is 10.9. The highest BCUT2D eigenvalue weighted by atomic mass is 127. The smallest absolute Gasteiger partial charge is 0.159 e. The van der Waals surface area contributed by atoms with E-state index in [-0.39, 0.29) is 6.61 Å². The number of nitrogens with zero attached hydrogens (tertiary/aromatic N) is 1. The molecule has 0 aromatic heterocycles. The Morgan fingerprint density at radius 3 is 2.30 bits per heavy atom. The number of likely N-dealkylation sites (tertiary alicyclic amines) is 1. The third kappa shape index (κ3) is 20.5. The first-order valence-electron chi connectivity index (χ1n) is 8.27. The van der Waals surface area contributed by atoms with Crippen LogP contribution >= 0.6 is 30.4 Å². The number of piperidine rings is 1. The molecule has 0 unspecified atom stereocenters. The average molecular weight is 463 g/mol. The summed E-state index contributed by atoms with van der Waals surface area (Å²) in [5.74, 6) is -0.201. The largest absolute Gasteiger partial charge is 0.366 e. The molecule has 7 heteroatoms. The molecular weight excluding hydrogens is 429 g/mol. The maximum atomic E-state index is 9.73. The van der Waals surface area contributed by atoms with Gasteiger partial charge in [0.25, 0.3) is 0 Å². The molecule has 140 valence electrons. The van der Waals surface area contributed by atoms with E-state index in [1.807, 2.05) is 13.8 Å². The van der Waals surface area contributed by atoms with Gasteiger partial charge in [-0.25, -0.2) is 0 Å². The minimum absolute atomic E-state index is 0.285. The van der Waals surface area contributed by atoms with Gasteiger partial charge >= 0.3 is 0 Å². The molecule has 1 aliphatic heterocycles. The standard InChI is InChI=1S/C8H16INOS.C6H12O3.C2H6/c1-10-5-2-8(3-6-10)4-7-11-12-9;1-6(2,8)9-5-3-4-7;1-2/h8H,2-7H2,1H3;4,8H,3,5H2,1-2H3;1-2H3. The van der Waals surface area contributed by atoms with Gasteiger partial charge in [-0.2, -0.15) is 0 Å². The van der Waals surface area contributed by atoms with Crippen LogP contribution in [0.15, 0.2) is 0 Å². The molecule has 0 aromatic carbocycles. The van der Waals surface area contributed by atoms with Crippen molar-refractivity contribution >= 4 is 36.7 Å². The summed E-state index contributed by atoms with van der Waals surface area (Å²) in [6.45, 7) is 10.8. The van der Waals surface area contributed by atoms with E-state index in [9.17, 15) is 4.79 Å². The van der Waals surface area contributed by atoms with Gasteiger partial charge < -0.3 is 23.7 Å². The second-order valence-electron chi connectivity index (χ2n) is 5.67. The molecule has 0 atom stereocenters. The lowest BCUT2D eigenvalue weighted by molar-refractivity contribution is -0.175. The van der Waals surface area contributed by atoms with Gasteiger partial charge in [0, 0.05) is 27.6 Å². The highest BCUT2D eigenvalue weighted by molar-refractivity contribution is 14.2. The van der Waals surface area contributed by atoms with Gasteiger partial charge in [0.2, 0.25) is 0 Å². The lowest BCUT2D eigenvalue weighted by atomic mass is 9.94. The van der Waals surface area contributed by atoms with Crippen LogP contribution in [0.3, 0.4) is 0 Å². The predicted octanol–water partition coefficient (Wildman–Crippen LogP) is 4.08. The number of halogens is 1. The van der Waals surface area contributed by atoms with Crippen molar-refractivity contribution in [3.8, 4) is 0 Å². The summed E-state index contributed by atoms with van der Waals surface area (Å²) in [7, 11) is 3.65. The summed E-state index contributed by atoms with van der Waals surface area (Å²) >= 11 is 2.17. The van der Waals surface area contributed by atoms with E-state index in [4.69, 9.17) is 14.0 Å². The molecular formula is C16H34INO4S. The minimum Gasteiger partial charge on any atom is -0.366 e. The Kier molecular flexibility index (Phi) is 19.6. The first kappa shape index (κ1) is 25.8. The van der Waals surface area contributed by atoms with Gasteiger partial charge in [-0.3, -0.25) is 0 Å². The predicted molar refractivity (Wildman–Crippen MR) is 107 cm³/mol. The zero-order chi connectivity index (χ0) is 18.1. The van der Waals surface area contributed by atoms with E-state index in [0.717, 1.165) is 18.8 Å². The molecule has 0 amide bonds. The summed E-state index contributed by atoms with van der Waals surface area (Å²) in [6, 6.07) is 0. The molecule has 5 nitrogen and oxygen atoms in total. The maximum absolute atomic E-state index is 9.73. The van der Waals surface area contributed by atoms with Crippen molar-refractivity contribution < 1.29 is 18.8 Å². The van der Waals surface area contributed by atoms with E-state index >= 15 is 0 Å². The topological polar surface area (TPSA) is 59.0 Å². The van der Waals surface area contributed by atoms with Gasteiger partial charge in [0.05, 0.1) is 22.4 Å². The molecule has 23 heavy (non-hydrogen) atoms. The molecule has 1 fully saturated rings. The van der Waals surface area contributed by atoms with Crippen LogP contribution < -0.4 is 0 Å². The Morgan fingerprint density at radius 2 is 1.87 bits per heavy atom. The molecule has 1 saturated heterocycles. The van der Waals surface area contributed by atoms with Crippen LogP contribution in [-0.4, -0.2) is 55.4 Å². The van der Waals surface area contributed by atoms with Crippen molar-refractivity contribution in [2.24, 2.45) is 5.92 Å². The van der Waals surface area contributed by atoms with E-state index in [2.05, 4.69) is 33.2 Å². The van der Waals surface area contributed by atoms with Gasteiger partial charge in [0.1, 0.15) is 6.29 Å². The molecule has 1 aliphatic rings. The second kappa shape index (κ2) is 17.4.